The van der Waals surface area contributed by atoms with Crippen LogP contribution in [-0.2, 0) is 12.7 Å². The van der Waals surface area contributed by atoms with E-state index in [-0.39, 0.29) is 0 Å². The maximum atomic E-state index is 12.8. The predicted molar refractivity (Wildman–Crippen MR) is 96.1 cm³/mol. The van der Waals surface area contributed by atoms with Crippen LogP contribution in [0.5, 0.6) is 0 Å². The van der Waals surface area contributed by atoms with E-state index in [1.165, 1.54) is 18.0 Å². The fourth-order valence-electron chi connectivity index (χ4n) is 2.26. The molecule has 0 atom stereocenters. The summed E-state index contributed by atoms with van der Waals surface area (Å²) in [5.41, 5.74) is 0.517. The van der Waals surface area contributed by atoms with Crippen LogP contribution < -0.4 is 4.72 Å². The molecule has 1 heterocycles. The lowest BCUT2D eigenvalue weighted by Crippen LogP contribution is -2.25. The van der Waals surface area contributed by atoms with E-state index in [1.54, 1.807) is 24.3 Å². The third-order valence-corrected chi connectivity index (χ3v) is 4.99. The Morgan fingerprint density at radius 2 is 1.92 bits per heavy atom. The molecule has 3 nitrogen and oxygen atoms in total. The van der Waals surface area contributed by atoms with Crippen LogP contribution in [0, 0.1) is 0 Å². The first-order valence-electron chi connectivity index (χ1n) is 7.17. The maximum absolute atomic E-state index is 12.8. The molecule has 25 heavy (non-hydrogen) atoms. The molecule has 1 aliphatic rings. The Morgan fingerprint density at radius 3 is 2.64 bits per heavy atom. The molecular weight excluding hydrogens is 394 g/mol. The summed E-state index contributed by atoms with van der Waals surface area (Å²) in [7, 11) is 0. The van der Waals surface area contributed by atoms with Crippen LogP contribution in [0.4, 0.5) is 18.9 Å². The summed E-state index contributed by atoms with van der Waals surface area (Å²) in [4.78, 5) is 6.34. The zero-order valence-corrected chi connectivity index (χ0v) is 15.0. The summed E-state index contributed by atoms with van der Waals surface area (Å²) in [5.74, 6) is 0. The predicted octanol–water partition coefficient (Wildman–Crippen LogP) is 5.71. The first-order valence-corrected chi connectivity index (χ1v) is 8.75. The number of nitrogens with one attached hydrogen (secondary N) is 1. The van der Waals surface area contributed by atoms with Gasteiger partial charge in [0.1, 0.15) is 0 Å². The lowest BCUT2D eigenvalue weighted by molar-refractivity contribution is -0.137. The third kappa shape index (κ3) is 4.61. The summed E-state index contributed by atoms with van der Waals surface area (Å²) >= 11 is 13.2. The molecule has 132 valence electrons. The number of nitrogens with zero attached hydrogens (tertiary/aromatic N) is 2. The molecule has 0 bridgehead atoms. The summed E-state index contributed by atoms with van der Waals surface area (Å²) in [6.07, 6.45) is -4.36. The Kier molecular flexibility index (Phi) is 5.48. The third-order valence-electron chi connectivity index (χ3n) is 3.45. The van der Waals surface area contributed by atoms with Crippen molar-refractivity contribution in [3.63, 3.8) is 0 Å². The number of aliphatic imine (C=N–C) groups is 1. The molecule has 0 spiro atoms. The van der Waals surface area contributed by atoms with E-state index in [0.717, 1.165) is 12.1 Å². The largest absolute Gasteiger partial charge is 0.416 e. The molecular formula is C16H12Cl2F3N3S. The topological polar surface area (TPSA) is 27.6 Å². The second-order valence-corrected chi connectivity index (χ2v) is 6.97. The Morgan fingerprint density at radius 1 is 1.12 bits per heavy atom. The highest BCUT2D eigenvalue weighted by atomic mass is 35.5. The van der Waals surface area contributed by atoms with Gasteiger partial charge in [-0.25, -0.2) is 9.71 Å². The van der Waals surface area contributed by atoms with E-state index in [0.29, 0.717) is 39.7 Å². The van der Waals surface area contributed by atoms with Crippen molar-refractivity contribution in [3.8, 4) is 0 Å². The van der Waals surface area contributed by atoms with Crippen LogP contribution in [0.1, 0.15) is 11.1 Å². The van der Waals surface area contributed by atoms with Crippen molar-refractivity contribution in [2.24, 2.45) is 4.99 Å². The van der Waals surface area contributed by atoms with Gasteiger partial charge in [0.25, 0.3) is 0 Å². The number of hydrogen-bond acceptors (Lipinski definition) is 3. The van der Waals surface area contributed by atoms with Crippen molar-refractivity contribution in [1.29, 1.82) is 0 Å². The summed E-state index contributed by atoms with van der Waals surface area (Å²) in [5, 5.41) is 1.48. The number of rotatable bonds is 3. The molecule has 3 rings (SSSR count). The SMILES string of the molecule is FC(F)(F)c1cccc(CN2CNSC2=Nc2ccc(Cl)c(Cl)c2)c1. The molecule has 9 heteroatoms. The van der Waals surface area contributed by atoms with Gasteiger partial charge < -0.3 is 4.90 Å². The van der Waals surface area contributed by atoms with Crippen LogP contribution in [0.25, 0.3) is 0 Å². The van der Waals surface area contributed by atoms with Crippen molar-refractivity contribution in [2.75, 3.05) is 6.67 Å². The zero-order valence-electron chi connectivity index (χ0n) is 12.6. The average molecular weight is 406 g/mol. The second-order valence-electron chi connectivity index (χ2n) is 5.29. The molecule has 0 amide bonds. The zero-order chi connectivity index (χ0) is 18.0. The van der Waals surface area contributed by atoms with E-state index < -0.39 is 11.7 Å². The molecule has 2 aromatic carbocycles. The lowest BCUT2D eigenvalue weighted by Gasteiger charge is -2.18. The van der Waals surface area contributed by atoms with Crippen molar-refractivity contribution >= 4 is 46.0 Å². The van der Waals surface area contributed by atoms with Gasteiger partial charge in [-0.05, 0) is 47.8 Å². The molecule has 1 saturated heterocycles. The van der Waals surface area contributed by atoms with Gasteiger partial charge in [0.2, 0.25) is 0 Å². The van der Waals surface area contributed by atoms with Gasteiger partial charge in [0.15, 0.2) is 5.17 Å². The van der Waals surface area contributed by atoms with Crippen molar-refractivity contribution in [1.82, 2.24) is 9.62 Å². The molecule has 0 aromatic heterocycles. The van der Waals surface area contributed by atoms with Gasteiger partial charge in [0.05, 0.1) is 28.0 Å². The Labute approximate surface area is 157 Å². The Hall–Kier alpha value is -1.41. The monoisotopic (exact) mass is 405 g/mol. The normalized spacial score (nSPS) is 16.7. The number of benzene rings is 2. The highest BCUT2D eigenvalue weighted by Crippen LogP contribution is 2.31. The van der Waals surface area contributed by atoms with Gasteiger partial charge in [-0.2, -0.15) is 13.2 Å². The van der Waals surface area contributed by atoms with Crippen LogP contribution >= 0.6 is 35.1 Å². The van der Waals surface area contributed by atoms with Gasteiger partial charge in [-0.3, -0.25) is 0 Å². The van der Waals surface area contributed by atoms with Crippen LogP contribution in [0.2, 0.25) is 10.0 Å². The highest BCUT2D eigenvalue weighted by Gasteiger charge is 2.30. The summed E-state index contributed by atoms with van der Waals surface area (Å²) in [6.45, 7) is 0.783. The average Bonchev–Trinajstić information content (AvgIpc) is 2.97. The minimum Gasteiger partial charge on any atom is -0.332 e. The summed E-state index contributed by atoms with van der Waals surface area (Å²) in [6, 6.07) is 10.3. The standard InChI is InChI=1S/C16H12Cl2F3N3S/c17-13-5-4-12(7-14(13)18)23-15-24(9-22-25-15)8-10-2-1-3-11(6-10)16(19,20)21/h1-7,22H,8-9H2. The minimum atomic E-state index is -4.36. The van der Waals surface area contributed by atoms with Crippen LogP contribution in [0.15, 0.2) is 47.5 Å². The molecule has 0 radical (unpaired) electrons. The van der Waals surface area contributed by atoms with Gasteiger partial charge in [-0.1, -0.05) is 35.3 Å². The summed E-state index contributed by atoms with van der Waals surface area (Å²) < 4.78 is 41.6. The quantitative estimate of drug-likeness (QED) is 0.662. The highest BCUT2D eigenvalue weighted by molar-refractivity contribution is 8.12. The minimum absolute atomic E-state index is 0.310. The first-order chi connectivity index (χ1) is 11.8. The van der Waals surface area contributed by atoms with E-state index in [1.807, 2.05) is 4.90 Å². The lowest BCUT2D eigenvalue weighted by atomic mass is 10.1. The number of halogens is 5. The van der Waals surface area contributed by atoms with Gasteiger partial charge in [-0.15, -0.1) is 0 Å². The number of alkyl halides is 3. The first kappa shape index (κ1) is 18.4. The van der Waals surface area contributed by atoms with E-state index in [9.17, 15) is 13.2 Å². The molecule has 1 aliphatic heterocycles. The second kappa shape index (κ2) is 7.45. The van der Waals surface area contributed by atoms with Crippen molar-refractivity contribution in [3.05, 3.63) is 63.6 Å². The Balaban J connectivity index is 1.80. The number of hydrogen-bond donors (Lipinski definition) is 1. The van der Waals surface area contributed by atoms with Crippen molar-refractivity contribution in [2.45, 2.75) is 12.7 Å². The van der Waals surface area contributed by atoms with Crippen LogP contribution in [0.3, 0.4) is 0 Å². The van der Waals surface area contributed by atoms with Gasteiger partial charge in [0, 0.05) is 6.54 Å². The molecule has 0 saturated carbocycles. The smallest absolute Gasteiger partial charge is 0.332 e. The molecule has 1 N–H and O–H groups in total. The van der Waals surface area contributed by atoms with E-state index >= 15 is 0 Å². The van der Waals surface area contributed by atoms with E-state index in [4.69, 9.17) is 23.2 Å². The van der Waals surface area contributed by atoms with E-state index in [2.05, 4.69) is 9.71 Å². The molecule has 0 unspecified atom stereocenters. The molecule has 1 fully saturated rings. The fraction of sp³-hybridized carbons (Fsp3) is 0.188. The number of amidine groups is 1. The van der Waals surface area contributed by atoms with Gasteiger partial charge >= 0.3 is 6.18 Å². The molecule has 2 aromatic rings. The maximum Gasteiger partial charge on any atom is 0.416 e. The molecule has 0 aliphatic carbocycles. The van der Waals surface area contributed by atoms with Crippen LogP contribution in [-0.4, -0.2) is 16.7 Å². The fourth-order valence-corrected chi connectivity index (χ4v) is 3.31. The van der Waals surface area contributed by atoms with Crippen molar-refractivity contribution < 1.29 is 13.2 Å². The Bertz CT molecular complexity index is 811.